The summed E-state index contributed by atoms with van der Waals surface area (Å²) in [6.45, 7) is 0.730. The molecule has 0 spiro atoms. The van der Waals surface area contributed by atoms with E-state index in [0.29, 0.717) is 35.4 Å². The third-order valence-electron chi connectivity index (χ3n) is 5.01. The van der Waals surface area contributed by atoms with Crippen LogP contribution in [0, 0.1) is 11.3 Å². The molecule has 4 rings (SSSR count). The lowest BCUT2D eigenvalue weighted by Gasteiger charge is -2.09. The smallest absolute Gasteiger partial charge is 0.268 e. The Morgan fingerprint density at radius 2 is 1.69 bits per heavy atom. The molecule has 0 aliphatic rings. The maximum absolute atomic E-state index is 12.6. The van der Waals surface area contributed by atoms with E-state index in [1.165, 1.54) is 17.4 Å². The van der Waals surface area contributed by atoms with Gasteiger partial charge in [-0.15, -0.1) is 11.3 Å². The van der Waals surface area contributed by atoms with E-state index >= 15 is 0 Å². The van der Waals surface area contributed by atoms with Crippen molar-refractivity contribution < 1.29 is 19.0 Å². The molecule has 0 saturated heterocycles. The van der Waals surface area contributed by atoms with Gasteiger partial charge < -0.3 is 14.2 Å². The summed E-state index contributed by atoms with van der Waals surface area (Å²) in [5.74, 6) is 1.57. The van der Waals surface area contributed by atoms with Crippen LogP contribution in [0.5, 0.6) is 17.2 Å². The number of methoxy groups -OCH3 is 1. The Bertz CT molecular complexity index is 1380. The average molecular weight is 498 g/mol. The number of hydrogen-bond acceptors (Lipinski definition) is 7. The molecule has 1 N–H and O–H groups in total. The van der Waals surface area contributed by atoms with Gasteiger partial charge in [-0.25, -0.2) is 4.98 Å². The first-order chi connectivity index (χ1) is 17.6. The van der Waals surface area contributed by atoms with Crippen LogP contribution in [0.2, 0.25) is 0 Å². The molecule has 8 heteroatoms. The summed E-state index contributed by atoms with van der Waals surface area (Å²) in [6.07, 6.45) is 1.52. The monoisotopic (exact) mass is 497 g/mol. The number of ether oxygens (including phenoxy) is 3. The highest BCUT2D eigenvalue weighted by Crippen LogP contribution is 2.25. The van der Waals surface area contributed by atoms with E-state index in [9.17, 15) is 10.1 Å². The van der Waals surface area contributed by atoms with Gasteiger partial charge >= 0.3 is 0 Å². The minimum atomic E-state index is -0.513. The molecule has 3 aromatic carbocycles. The number of thiazole rings is 1. The zero-order valence-electron chi connectivity index (χ0n) is 19.5. The molecule has 0 fully saturated rings. The molecule has 0 saturated carbocycles. The highest BCUT2D eigenvalue weighted by Gasteiger charge is 2.12. The van der Waals surface area contributed by atoms with Crippen molar-refractivity contribution in [2.75, 3.05) is 25.6 Å². The van der Waals surface area contributed by atoms with Gasteiger partial charge in [0.2, 0.25) is 0 Å². The molecule has 0 radical (unpaired) electrons. The number of carbonyl (C=O) groups is 1. The van der Waals surface area contributed by atoms with Gasteiger partial charge in [-0.05, 0) is 35.9 Å². The highest BCUT2D eigenvalue weighted by atomic mass is 32.1. The van der Waals surface area contributed by atoms with Crippen molar-refractivity contribution in [2.45, 2.75) is 0 Å². The SMILES string of the molecule is COc1cccc(OCCOc2ccc(C=C(C#N)C(=O)Nc3nc(-c4ccccc4)cs3)cc2)c1. The first kappa shape index (κ1) is 24.5. The molecule has 36 heavy (non-hydrogen) atoms. The maximum Gasteiger partial charge on any atom is 0.268 e. The third kappa shape index (κ3) is 6.72. The molecule has 7 nitrogen and oxygen atoms in total. The van der Waals surface area contributed by atoms with Gasteiger partial charge in [0.15, 0.2) is 5.13 Å². The van der Waals surface area contributed by atoms with E-state index in [1.807, 2.05) is 60.0 Å². The van der Waals surface area contributed by atoms with Crippen LogP contribution in [0.1, 0.15) is 5.56 Å². The standard InChI is InChI=1S/C28H23N3O4S/c1-33-24-8-5-9-25(17-24)35-15-14-34-23-12-10-20(11-13-23)16-22(18-29)27(32)31-28-30-26(19-36-28)21-6-3-2-4-7-21/h2-13,16-17,19H,14-15H2,1H3,(H,30,31,32). The Balaban J connectivity index is 1.30. The van der Waals surface area contributed by atoms with Gasteiger partial charge in [0, 0.05) is 17.0 Å². The van der Waals surface area contributed by atoms with E-state index < -0.39 is 5.91 Å². The van der Waals surface area contributed by atoms with Crippen molar-refractivity contribution in [3.05, 3.63) is 95.4 Å². The number of benzene rings is 3. The van der Waals surface area contributed by atoms with Crippen molar-refractivity contribution in [1.82, 2.24) is 4.98 Å². The maximum atomic E-state index is 12.6. The number of rotatable bonds is 10. The fraction of sp³-hybridized carbons (Fsp3) is 0.107. The molecule has 180 valence electrons. The largest absolute Gasteiger partial charge is 0.497 e. The second kappa shape index (κ2) is 12.2. The number of aromatic nitrogens is 1. The summed E-state index contributed by atoms with van der Waals surface area (Å²) in [6, 6.07) is 26.1. The van der Waals surface area contributed by atoms with Gasteiger partial charge in [-0.3, -0.25) is 10.1 Å². The molecule has 4 aromatic rings. The summed E-state index contributed by atoms with van der Waals surface area (Å²) in [4.78, 5) is 17.0. The number of carbonyl (C=O) groups excluding carboxylic acids is 1. The van der Waals surface area contributed by atoms with E-state index in [4.69, 9.17) is 14.2 Å². The fourth-order valence-corrected chi connectivity index (χ4v) is 3.94. The molecule has 0 bridgehead atoms. The normalized spacial score (nSPS) is 10.8. The number of nitrogens with one attached hydrogen (secondary N) is 1. The van der Waals surface area contributed by atoms with E-state index in [2.05, 4.69) is 10.3 Å². The number of amides is 1. The Morgan fingerprint density at radius 3 is 2.42 bits per heavy atom. The summed E-state index contributed by atoms with van der Waals surface area (Å²) in [7, 11) is 1.61. The number of nitriles is 1. The summed E-state index contributed by atoms with van der Waals surface area (Å²) in [5, 5.41) is 14.5. The first-order valence-corrected chi connectivity index (χ1v) is 12.0. The van der Waals surface area contributed by atoms with Crippen molar-refractivity contribution in [3.63, 3.8) is 0 Å². The quantitative estimate of drug-likeness (QED) is 0.169. The van der Waals surface area contributed by atoms with Crippen molar-refractivity contribution in [1.29, 1.82) is 5.26 Å². The predicted octanol–water partition coefficient (Wildman–Crippen LogP) is 5.82. The fourth-order valence-electron chi connectivity index (χ4n) is 3.22. The number of anilines is 1. The number of hydrogen-bond donors (Lipinski definition) is 1. The minimum absolute atomic E-state index is 0.0215. The van der Waals surface area contributed by atoms with Crippen LogP contribution in [-0.2, 0) is 4.79 Å². The Morgan fingerprint density at radius 1 is 0.972 bits per heavy atom. The van der Waals surface area contributed by atoms with Crippen molar-refractivity contribution in [3.8, 4) is 34.6 Å². The summed E-state index contributed by atoms with van der Waals surface area (Å²) >= 11 is 1.31. The van der Waals surface area contributed by atoms with Gasteiger partial charge in [0.1, 0.15) is 42.1 Å². The molecule has 0 unspecified atom stereocenters. The van der Waals surface area contributed by atoms with Gasteiger partial charge in [-0.1, -0.05) is 48.5 Å². The zero-order chi connectivity index (χ0) is 25.2. The van der Waals surface area contributed by atoms with Gasteiger partial charge in [0.05, 0.1) is 12.8 Å². The lowest BCUT2D eigenvalue weighted by molar-refractivity contribution is -0.112. The molecule has 1 heterocycles. The Labute approximate surface area is 213 Å². The van der Waals surface area contributed by atoms with Gasteiger partial charge in [-0.2, -0.15) is 5.26 Å². The first-order valence-electron chi connectivity index (χ1n) is 11.1. The molecule has 1 amide bonds. The van der Waals surface area contributed by atoms with Gasteiger partial charge in [0.25, 0.3) is 5.91 Å². The zero-order valence-corrected chi connectivity index (χ0v) is 20.3. The molecular weight excluding hydrogens is 474 g/mol. The molecule has 0 aliphatic carbocycles. The second-order valence-corrected chi connectivity index (χ2v) is 8.33. The van der Waals surface area contributed by atoms with E-state index in [0.717, 1.165) is 17.0 Å². The topological polar surface area (TPSA) is 93.5 Å². The van der Waals surface area contributed by atoms with Crippen LogP contribution in [0.3, 0.4) is 0 Å². The third-order valence-corrected chi connectivity index (χ3v) is 5.77. The molecule has 0 atom stereocenters. The van der Waals surface area contributed by atoms with Crippen LogP contribution >= 0.6 is 11.3 Å². The van der Waals surface area contributed by atoms with Crippen molar-refractivity contribution in [2.24, 2.45) is 0 Å². The van der Waals surface area contributed by atoms with Crippen LogP contribution in [0.15, 0.2) is 89.8 Å². The summed E-state index contributed by atoms with van der Waals surface area (Å²) < 4.78 is 16.5. The second-order valence-electron chi connectivity index (χ2n) is 7.47. The Kier molecular flexibility index (Phi) is 8.31. The average Bonchev–Trinajstić information content (AvgIpc) is 3.39. The molecule has 0 aliphatic heterocycles. The lowest BCUT2D eigenvalue weighted by Crippen LogP contribution is -2.13. The van der Waals surface area contributed by atoms with Crippen LogP contribution in [0.4, 0.5) is 5.13 Å². The van der Waals surface area contributed by atoms with E-state index in [-0.39, 0.29) is 5.57 Å². The van der Waals surface area contributed by atoms with E-state index in [1.54, 1.807) is 37.4 Å². The predicted molar refractivity (Wildman–Crippen MR) is 140 cm³/mol. The summed E-state index contributed by atoms with van der Waals surface area (Å²) in [5.41, 5.74) is 2.40. The minimum Gasteiger partial charge on any atom is -0.497 e. The Hall–Kier alpha value is -4.61. The van der Waals surface area contributed by atoms with Crippen LogP contribution in [0.25, 0.3) is 17.3 Å². The van der Waals surface area contributed by atoms with Crippen molar-refractivity contribution >= 4 is 28.5 Å². The lowest BCUT2D eigenvalue weighted by atomic mass is 10.1. The highest BCUT2D eigenvalue weighted by molar-refractivity contribution is 7.14. The number of nitrogens with zero attached hydrogens (tertiary/aromatic N) is 2. The van der Waals surface area contributed by atoms with Crippen LogP contribution in [-0.4, -0.2) is 31.2 Å². The van der Waals surface area contributed by atoms with Crippen LogP contribution < -0.4 is 19.5 Å². The molecule has 1 aromatic heterocycles. The molecular formula is C28H23N3O4S.